The van der Waals surface area contributed by atoms with E-state index in [1.54, 1.807) is 24.5 Å². The van der Waals surface area contributed by atoms with Crippen molar-refractivity contribution in [3.63, 3.8) is 0 Å². The molecule has 0 spiro atoms. The van der Waals surface area contributed by atoms with Gasteiger partial charge in [-0.15, -0.1) is 0 Å². The predicted molar refractivity (Wildman–Crippen MR) is 74.1 cm³/mol. The summed E-state index contributed by atoms with van der Waals surface area (Å²) in [4.78, 5) is 15.5. The van der Waals surface area contributed by atoms with Gasteiger partial charge >= 0.3 is 5.97 Å². The van der Waals surface area contributed by atoms with Gasteiger partial charge in [0.15, 0.2) is 0 Å². The molecule has 98 valence electrons. The van der Waals surface area contributed by atoms with Gasteiger partial charge in [-0.3, -0.25) is 4.98 Å². The van der Waals surface area contributed by atoms with Gasteiger partial charge in [0.05, 0.1) is 12.7 Å². The third-order valence-electron chi connectivity index (χ3n) is 2.87. The second kappa shape index (κ2) is 6.00. The van der Waals surface area contributed by atoms with Crippen LogP contribution in [0, 0.1) is 0 Å². The minimum Gasteiger partial charge on any atom is -0.465 e. The highest BCUT2D eigenvalue weighted by Crippen LogP contribution is 2.19. The van der Waals surface area contributed by atoms with Crippen LogP contribution in [0.3, 0.4) is 0 Å². The number of carbonyl (C=O) groups excluding carboxylic acids is 1. The van der Waals surface area contributed by atoms with Crippen LogP contribution in [0.1, 0.15) is 28.9 Å². The fourth-order valence-corrected chi connectivity index (χ4v) is 1.84. The molecule has 1 unspecified atom stereocenters. The van der Waals surface area contributed by atoms with E-state index < -0.39 is 0 Å². The van der Waals surface area contributed by atoms with Crippen molar-refractivity contribution >= 4 is 11.7 Å². The Morgan fingerprint density at radius 1 is 1.26 bits per heavy atom. The number of benzene rings is 1. The maximum Gasteiger partial charge on any atom is 0.337 e. The van der Waals surface area contributed by atoms with E-state index in [1.807, 2.05) is 24.3 Å². The number of esters is 1. The van der Waals surface area contributed by atoms with Gasteiger partial charge in [-0.25, -0.2) is 4.79 Å². The first kappa shape index (κ1) is 13.1. The Hall–Kier alpha value is -2.36. The molecule has 1 atom stereocenters. The topological polar surface area (TPSA) is 51.2 Å². The predicted octanol–water partition coefficient (Wildman–Crippen LogP) is 3.04. The summed E-state index contributed by atoms with van der Waals surface area (Å²) in [5.41, 5.74) is 2.56. The van der Waals surface area contributed by atoms with Crippen molar-refractivity contribution in [1.29, 1.82) is 0 Å². The number of pyridine rings is 1. The second-order valence-corrected chi connectivity index (χ2v) is 4.22. The highest BCUT2D eigenvalue weighted by atomic mass is 16.5. The van der Waals surface area contributed by atoms with Crippen molar-refractivity contribution in [3.8, 4) is 0 Å². The first-order chi connectivity index (χ1) is 9.20. The molecule has 0 aliphatic rings. The van der Waals surface area contributed by atoms with Crippen LogP contribution >= 0.6 is 0 Å². The summed E-state index contributed by atoms with van der Waals surface area (Å²) in [6.45, 7) is 2.06. The number of aromatic nitrogens is 1. The van der Waals surface area contributed by atoms with Gasteiger partial charge in [0.25, 0.3) is 0 Å². The van der Waals surface area contributed by atoms with Crippen molar-refractivity contribution in [2.45, 2.75) is 13.0 Å². The van der Waals surface area contributed by atoms with Gasteiger partial charge in [-0.05, 0) is 42.8 Å². The van der Waals surface area contributed by atoms with Crippen LogP contribution < -0.4 is 5.32 Å². The van der Waals surface area contributed by atoms with Gasteiger partial charge in [0.2, 0.25) is 0 Å². The summed E-state index contributed by atoms with van der Waals surface area (Å²) < 4.78 is 4.71. The Labute approximate surface area is 112 Å². The molecule has 0 aliphatic heterocycles. The number of carbonyl (C=O) groups is 1. The maximum atomic E-state index is 11.5. The van der Waals surface area contributed by atoms with Crippen molar-refractivity contribution in [1.82, 2.24) is 4.98 Å². The third kappa shape index (κ3) is 3.31. The number of nitrogens with zero attached hydrogens (tertiary/aromatic N) is 1. The van der Waals surface area contributed by atoms with E-state index in [1.165, 1.54) is 7.11 Å². The van der Waals surface area contributed by atoms with Crippen LogP contribution in [-0.4, -0.2) is 18.1 Å². The van der Waals surface area contributed by atoms with Crippen molar-refractivity contribution in [2.24, 2.45) is 0 Å². The molecule has 0 bridgehead atoms. The van der Waals surface area contributed by atoms with Crippen LogP contribution in [0.25, 0.3) is 0 Å². The number of hydrogen-bond donors (Lipinski definition) is 1. The standard InChI is InChI=1S/C15H16N2O2/c1-11(12-6-8-16-9-7-12)17-14-5-3-4-13(10-14)15(18)19-2/h3-11,17H,1-2H3. The second-order valence-electron chi connectivity index (χ2n) is 4.22. The lowest BCUT2D eigenvalue weighted by Gasteiger charge is -2.15. The van der Waals surface area contributed by atoms with Crippen molar-refractivity contribution in [2.75, 3.05) is 12.4 Å². The van der Waals surface area contributed by atoms with Crippen LogP contribution in [0.5, 0.6) is 0 Å². The molecule has 2 aromatic rings. The Kier molecular flexibility index (Phi) is 4.13. The first-order valence-corrected chi connectivity index (χ1v) is 6.05. The molecule has 4 nitrogen and oxygen atoms in total. The molecule has 1 aromatic heterocycles. The smallest absolute Gasteiger partial charge is 0.337 e. The van der Waals surface area contributed by atoms with Gasteiger partial charge in [0.1, 0.15) is 0 Å². The lowest BCUT2D eigenvalue weighted by atomic mass is 10.1. The molecule has 1 aromatic carbocycles. The van der Waals surface area contributed by atoms with E-state index in [0.717, 1.165) is 11.3 Å². The summed E-state index contributed by atoms with van der Waals surface area (Å²) in [7, 11) is 1.38. The molecule has 0 aliphatic carbocycles. The zero-order valence-corrected chi connectivity index (χ0v) is 11.0. The summed E-state index contributed by atoms with van der Waals surface area (Å²) in [6, 6.07) is 11.3. The number of methoxy groups -OCH3 is 1. The minimum atomic E-state index is -0.333. The monoisotopic (exact) mass is 256 g/mol. The molecular weight excluding hydrogens is 240 g/mol. The van der Waals surface area contributed by atoms with E-state index in [0.29, 0.717) is 5.56 Å². The molecule has 0 radical (unpaired) electrons. The zero-order valence-electron chi connectivity index (χ0n) is 11.0. The highest BCUT2D eigenvalue weighted by Gasteiger charge is 2.08. The van der Waals surface area contributed by atoms with E-state index in [9.17, 15) is 4.79 Å². The van der Waals surface area contributed by atoms with Crippen LogP contribution in [0.4, 0.5) is 5.69 Å². The number of anilines is 1. The number of rotatable bonds is 4. The Morgan fingerprint density at radius 3 is 2.68 bits per heavy atom. The molecule has 0 saturated carbocycles. The molecule has 0 amide bonds. The quantitative estimate of drug-likeness (QED) is 0.854. The average molecular weight is 256 g/mol. The Bertz CT molecular complexity index is 555. The lowest BCUT2D eigenvalue weighted by Crippen LogP contribution is -2.08. The number of ether oxygens (including phenoxy) is 1. The Balaban J connectivity index is 2.13. The summed E-state index contributed by atoms with van der Waals surface area (Å²) in [5, 5.41) is 3.34. The van der Waals surface area contributed by atoms with E-state index in [-0.39, 0.29) is 12.0 Å². The van der Waals surface area contributed by atoms with Crippen molar-refractivity contribution < 1.29 is 9.53 Å². The van der Waals surface area contributed by atoms with E-state index in [2.05, 4.69) is 17.2 Å². The van der Waals surface area contributed by atoms with Gasteiger partial charge < -0.3 is 10.1 Å². The van der Waals surface area contributed by atoms with Gasteiger partial charge in [-0.1, -0.05) is 6.07 Å². The lowest BCUT2D eigenvalue weighted by molar-refractivity contribution is 0.0601. The fourth-order valence-electron chi connectivity index (χ4n) is 1.84. The fraction of sp³-hybridized carbons (Fsp3) is 0.200. The van der Waals surface area contributed by atoms with Crippen LogP contribution in [0.2, 0.25) is 0 Å². The zero-order chi connectivity index (χ0) is 13.7. The summed E-state index contributed by atoms with van der Waals surface area (Å²) >= 11 is 0. The van der Waals surface area contributed by atoms with E-state index >= 15 is 0 Å². The van der Waals surface area contributed by atoms with Crippen LogP contribution in [-0.2, 0) is 4.74 Å². The van der Waals surface area contributed by atoms with Gasteiger partial charge in [-0.2, -0.15) is 0 Å². The average Bonchev–Trinajstić information content (AvgIpc) is 2.47. The molecule has 4 heteroatoms. The minimum absolute atomic E-state index is 0.135. The molecule has 2 rings (SSSR count). The van der Waals surface area contributed by atoms with E-state index in [4.69, 9.17) is 4.74 Å². The molecule has 0 fully saturated rings. The number of nitrogens with one attached hydrogen (secondary N) is 1. The SMILES string of the molecule is COC(=O)c1cccc(NC(C)c2ccncc2)c1. The number of hydrogen-bond acceptors (Lipinski definition) is 4. The Morgan fingerprint density at radius 2 is 2.00 bits per heavy atom. The summed E-state index contributed by atoms with van der Waals surface area (Å²) in [6.07, 6.45) is 3.52. The van der Waals surface area contributed by atoms with Crippen molar-refractivity contribution in [3.05, 3.63) is 59.9 Å². The molecule has 0 saturated heterocycles. The molecule has 1 heterocycles. The molecule has 1 N–H and O–H groups in total. The molecule has 19 heavy (non-hydrogen) atoms. The normalized spacial score (nSPS) is 11.7. The third-order valence-corrected chi connectivity index (χ3v) is 2.87. The maximum absolute atomic E-state index is 11.5. The molecular formula is C15H16N2O2. The largest absolute Gasteiger partial charge is 0.465 e. The van der Waals surface area contributed by atoms with Gasteiger partial charge in [0, 0.05) is 24.1 Å². The summed E-state index contributed by atoms with van der Waals surface area (Å²) in [5.74, 6) is -0.333. The van der Waals surface area contributed by atoms with Crippen LogP contribution in [0.15, 0.2) is 48.8 Å². The first-order valence-electron chi connectivity index (χ1n) is 6.05. The highest BCUT2D eigenvalue weighted by molar-refractivity contribution is 5.90.